The zero-order valence-electron chi connectivity index (χ0n) is 17.2. The molecule has 1 aliphatic rings. The van der Waals surface area contributed by atoms with Crippen molar-refractivity contribution in [3.05, 3.63) is 52.0 Å². The lowest BCUT2D eigenvalue weighted by molar-refractivity contribution is -0.119. The Morgan fingerprint density at radius 3 is 2.65 bits per heavy atom. The molecule has 1 aliphatic heterocycles. The van der Waals surface area contributed by atoms with E-state index in [1.807, 2.05) is 0 Å². The van der Waals surface area contributed by atoms with E-state index < -0.39 is 17.9 Å². The molecular formula is C22H23Cl2N3O4. The molecule has 1 saturated heterocycles. The Kier molecular flexibility index (Phi) is 7.41. The molecule has 7 nitrogen and oxygen atoms in total. The molecule has 0 radical (unpaired) electrons. The van der Waals surface area contributed by atoms with Crippen molar-refractivity contribution in [3.63, 3.8) is 0 Å². The summed E-state index contributed by atoms with van der Waals surface area (Å²) in [5, 5.41) is 5.75. The van der Waals surface area contributed by atoms with Crippen LogP contribution in [-0.2, 0) is 9.59 Å². The number of piperidine rings is 1. The Morgan fingerprint density at radius 1 is 1.16 bits per heavy atom. The highest BCUT2D eigenvalue weighted by molar-refractivity contribution is 6.43. The second kappa shape index (κ2) is 10.0. The average Bonchev–Trinajstić information content (AvgIpc) is 2.75. The summed E-state index contributed by atoms with van der Waals surface area (Å²) < 4.78 is 5.39. The molecule has 0 saturated carbocycles. The molecule has 1 unspecified atom stereocenters. The van der Waals surface area contributed by atoms with E-state index in [0.29, 0.717) is 30.1 Å². The maximum absolute atomic E-state index is 12.6. The first-order valence-electron chi connectivity index (χ1n) is 9.86. The van der Waals surface area contributed by atoms with Crippen LogP contribution in [0.25, 0.3) is 0 Å². The van der Waals surface area contributed by atoms with E-state index in [2.05, 4.69) is 10.6 Å². The number of hydrogen-bond acceptors (Lipinski definition) is 4. The van der Waals surface area contributed by atoms with Gasteiger partial charge in [0, 0.05) is 18.7 Å². The van der Waals surface area contributed by atoms with Gasteiger partial charge in [-0.3, -0.25) is 14.4 Å². The van der Waals surface area contributed by atoms with Gasteiger partial charge in [0.05, 0.1) is 28.4 Å². The number of hydrogen-bond donors (Lipinski definition) is 2. The van der Waals surface area contributed by atoms with Gasteiger partial charge < -0.3 is 20.3 Å². The Hall–Kier alpha value is -2.77. The molecule has 2 aromatic carbocycles. The number of methoxy groups -OCH3 is 1. The van der Waals surface area contributed by atoms with Crippen molar-refractivity contribution in [2.45, 2.75) is 32.2 Å². The van der Waals surface area contributed by atoms with Crippen LogP contribution in [0.15, 0.2) is 36.4 Å². The number of nitrogens with one attached hydrogen (secondary N) is 2. The topological polar surface area (TPSA) is 87.7 Å². The van der Waals surface area contributed by atoms with Crippen LogP contribution < -0.4 is 20.3 Å². The highest BCUT2D eigenvalue weighted by Gasteiger charge is 2.24. The van der Waals surface area contributed by atoms with Crippen molar-refractivity contribution < 1.29 is 19.1 Å². The van der Waals surface area contributed by atoms with Gasteiger partial charge in [-0.05, 0) is 50.1 Å². The number of amides is 3. The van der Waals surface area contributed by atoms with Crippen LogP contribution in [0.5, 0.6) is 5.75 Å². The molecule has 164 valence electrons. The van der Waals surface area contributed by atoms with E-state index in [0.717, 1.165) is 12.8 Å². The molecule has 0 aromatic heterocycles. The number of anilines is 2. The van der Waals surface area contributed by atoms with Crippen LogP contribution in [0.1, 0.15) is 36.5 Å². The summed E-state index contributed by atoms with van der Waals surface area (Å²) >= 11 is 12.0. The monoisotopic (exact) mass is 463 g/mol. The summed E-state index contributed by atoms with van der Waals surface area (Å²) in [6.45, 7) is 2.16. The minimum absolute atomic E-state index is 0.0204. The number of halogens is 2. The number of carbonyl (C=O) groups excluding carboxylic acids is 3. The Balaban J connectivity index is 1.72. The van der Waals surface area contributed by atoms with Crippen molar-refractivity contribution in [3.8, 4) is 5.75 Å². The van der Waals surface area contributed by atoms with E-state index in [9.17, 15) is 14.4 Å². The summed E-state index contributed by atoms with van der Waals surface area (Å²) in [6, 6.07) is 8.94. The fraction of sp³-hybridized carbons (Fsp3) is 0.318. The first kappa shape index (κ1) is 22.9. The molecule has 3 amide bonds. The minimum Gasteiger partial charge on any atom is -0.495 e. The SMILES string of the molecule is COc1ccc(NC(=O)C(C)NC(=O)c2cccc(Cl)c2Cl)cc1N1CCCCC1=O. The predicted octanol–water partition coefficient (Wildman–Crippen LogP) is 4.28. The Morgan fingerprint density at radius 2 is 1.94 bits per heavy atom. The number of benzene rings is 2. The van der Waals surface area contributed by atoms with Crippen molar-refractivity contribution in [1.82, 2.24) is 5.32 Å². The predicted molar refractivity (Wildman–Crippen MR) is 121 cm³/mol. The van der Waals surface area contributed by atoms with Gasteiger partial charge in [-0.1, -0.05) is 29.3 Å². The number of nitrogens with zero attached hydrogens (tertiary/aromatic N) is 1. The fourth-order valence-electron chi connectivity index (χ4n) is 3.31. The third-order valence-corrected chi connectivity index (χ3v) is 5.82. The fourth-order valence-corrected chi connectivity index (χ4v) is 3.70. The smallest absolute Gasteiger partial charge is 0.253 e. The molecular weight excluding hydrogens is 441 g/mol. The number of ether oxygens (including phenoxy) is 1. The zero-order chi connectivity index (χ0) is 22.5. The van der Waals surface area contributed by atoms with Gasteiger partial charge in [-0.2, -0.15) is 0 Å². The maximum atomic E-state index is 12.6. The standard InChI is InChI=1S/C22H23Cl2N3O4/c1-13(25-22(30)15-6-5-7-16(23)20(15)24)21(29)26-14-9-10-18(31-2)17(12-14)27-11-4-3-8-19(27)28/h5-7,9-10,12-13H,3-4,8,11H2,1-2H3,(H,25,30)(H,26,29). The first-order chi connectivity index (χ1) is 14.8. The van der Waals surface area contributed by atoms with Crippen molar-refractivity contribution in [2.24, 2.45) is 0 Å². The van der Waals surface area contributed by atoms with Crippen LogP contribution in [-0.4, -0.2) is 37.4 Å². The number of carbonyl (C=O) groups is 3. The molecule has 0 bridgehead atoms. The Bertz CT molecular complexity index is 1010. The van der Waals surface area contributed by atoms with Gasteiger partial charge in [0.15, 0.2) is 0 Å². The third kappa shape index (κ3) is 5.29. The molecule has 1 fully saturated rings. The van der Waals surface area contributed by atoms with Crippen molar-refractivity contribution >= 4 is 52.3 Å². The van der Waals surface area contributed by atoms with Gasteiger partial charge >= 0.3 is 0 Å². The van der Waals surface area contributed by atoms with E-state index >= 15 is 0 Å². The molecule has 0 aliphatic carbocycles. The van der Waals surface area contributed by atoms with E-state index in [4.69, 9.17) is 27.9 Å². The number of rotatable bonds is 6. The molecule has 9 heteroatoms. The van der Waals surface area contributed by atoms with Crippen LogP contribution in [0.2, 0.25) is 10.0 Å². The van der Waals surface area contributed by atoms with Crippen LogP contribution in [0.3, 0.4) is 0 Å². The third-order valence-electron chi connectivity index (χ3n) is 5.00. The highest BCUT2D eigenvalue weighted by Crippen LogP contribution is 2.33. The van der Waals surface area contributed by atoms with Crippen LogP contribution >= 0.6 is 23.2 Å². The molecule has 3 rings (SSSR count). The van der Waals surface area contributed by atoms with E-state index in [-0.39, 0.29) is 21.5 Å². The minimum atomic E-state index is -0.843. The molecule has 2 N–H and O–H groups in total. The second-order valence-corrected chi connectivity index (χ2v) is 7.96. The summed E-state index contributed by atoms with van der Waals surface area (Å²) in [7, 11) is 1.53. The summed E-state index contributed by atoms with van der Waals surface area (Å²) in [6.07, 6.45) is 2.25. The maximum Gasteiger partial charge on any atom is 0.253 e. The zero-order valence-corrected chi connectivity index (χ0v) is 18.7. The van der Waals surface area contributed by atoms with Crippen molar-refractivity contribution in [1.29, 1.82) is 0 Å². The van der Waals surface area contributed by atoms with Gasteiger partial charge in [0.2, 0.25) is 11.8 Å². The normalized spacial score (nSPS) is 14.7. The van der Waals surface area contributed by atoms with Gasteiger partial charge in [-0.25, -0.2) is 0 Å². The first-order valence-corrected chi connectivity index (χ1v) is 10.6. The van der Waals surface area contributed by atoms with E-state index in [1.54, 1.807) is 42.2 Å². The van der Waals surface area contributed by atoms with Gasteiger partial charge in [0.25, 0.3) is 5.91 Å². The Labute approximate surface area is 190 Å². The quantitative estimate of drug-likeness (QED) is 0.668. The largest absolute Gasteiger partial charge is 0.495 e. The lowest BCUT2D eigenvalue weighted by Gasteiger charge is -2.28. The second-order valence-electron chi connectivity index (χ2n) is 7.17. The van der Waals surface area contributed by atoms with Gasteiger partial charge in [-0.15, -0.1) is 0 Å². The lowest BCUT2D eigenvalue weighted by Crippen LogP contribution is -2.41. The lowest BCUT2D eigenvalue weighted by atomic mass is 10.1. The molecule has 1 atom stereocenters. The highest BCUT2D eigenvalue weighted by atomic mass is 35.5. The van der Waals surface area contributed by atoms with Crippen molar-refractivity contribution in [2.75, 3.05) is 23.9 Å². The van der Waals surface area contributed by atoms with E-state index in [1.165, 1.54) is 13.2 Å². The van der Waals surface area contributed by atoms with Gasteiger partial charge in [0.1, 0.15) is 11.8 Å². The molecule has 31 heavy (non-hydrogen) atoms. The van der Waals surface area contributed by atoms with Crippen LogP contribution in [0, 0.1) is 0 Å². The molecule has 2 aromatic rings. The molecule has 0 spiro atoms. The van der Waals surface area contributed by atoms with Crippen LogP contribution in [0.4, 0.5) is 11.4 Å². The summed E-state index contributed by atoms with van der Waals surface area (Å²) in [5.74, 6) is -0.366. The average molecular weight is 464 g/mol. The summed E-state index contributed by atoms with van der Waals surface area (Å²) in [5.41, 5.74) is 1.28. The molecule has 1 heterocycles. The summed E-state index contributed by atoms with van der Waals surface area (Å²) in [4.78, 5) is 39.1.